The SMILES string of the molecule is CC(C)C(C)NCC[O]. The lowest BCUT2D eigenvalue weighted by molar-refractivity contribution is 0.188. The lowest BCUT2D eigenvalue weighted by atomic mass is 10.1. The molecule has 0 heterocycles. The van der Waals surface area contributed by atoms with Gasteiger partial charge in [-0.3, -0.25) is 0 Å². The highest BCUT2D eigenvalue weighted by molar-refractivity contribution is 4.62. The summed E-state index contributed by atoms with van der Waals surface area (Å²) in [6, 6.07) is 0.471. The maximum Gasteiger partial charge on any atom is 0.0946 e. The highest BCUT2D eigenvalue weighted by Gasteiger charge is 2.03. The molecule has 2 nitrogen and oxygen atoms in total. The van der Waals surface area contributed by atoms with Crippen molar-refractivity contribution in [2.24, 2.45) is 5.92 Å². The predicted octanol–water partition coefficient (Wildman–Crippen LogP) is 1.05. The number of nitrogens with one attached hydrogen (secondary N) is 1. The zero-order valence-electron chi connectivity index (χ0n) is 6.48. The van der Waals surface area contributed by atoms with Crippen molar-refractivity contribution in [1.82, 2.24) is 5.32 Å². The van der Waals surface area contributed by atoms with Crippen molar-refractivity contribution in [2.45, 2.75) is 26.8 Å². The lowest BCUT2D eigenvalue weighted by Gasteiger charge is -2.15. The van der Waals surface area contributed by atoms with Crippen LogP contribution in [0.3, 0.4) is 0 Å². The van der Waals surface area contributed by atoms with Crippen LogP contribution >= 0.6 is 0 Å². The van der Waals surface area contributed by atoms with E-state index in [0.29, 0.717) is 18.5 Å². The molecule has 0 aromatic heterocycles. The smallest absolute Gasteiger partial charge is 0.0946 e. The van der Waals surface area contributed by atoms with Crippen molar-refractivity contribution in [3.63, 3.8) is 0 Å². The van der Waals surface area contributed by atoms with Gasteiger partial charge in [0.15, 0.2) is 0 Å². The zero-order chi connectivity index (χ0) is 7.28. The monoisotopic (exact) mass is 130 g/mol. The molecule has 0 aliphatic carbocycles. The molecule has 1 unspecified atom stereocenters. The standard InChI is InChI=1S/C7H16NO/c1-6(2)7(3)8-4-5-9/h6-8H,4-5H2,1-3H3. The first-order valence-electron chi connectivity index (χ1n) is 3.50. The third-order valence-electron chi connectivity index (χ3n) is 1.57. The molecule has 0 saturated heterocycles. The molecular weight excluding hydrogens is 114 g/mol. The maximum atomic E-state index is 9.99. The van der Waals surface area contributed by atoms with Gasteiger partial charge in [0.2, 0.25) is 0 Å². The lowest BCUT2D eigenvalue weighted by Crippen LogP contribution is -2.32. The largest absolute Gasteiger partial charge is 0.312 e. The van der Waals surface area contributed by atoms with Gasteiger partial charge in [-0.2, -0.15) is 0 Å². The van der Waals surface area contributed by atoms with Gasteiger partial charge in [-0.1, -0.05) is 13.8 Å². The number of hydrogen-bond acceptors (Lipinski definition) is 1. The van der Waals surface area contributed by atoms with Crippen molar-refractivity contribution < 1.29 is 5.11 Å². The van der Waals surface area contributed by atoms with Crippen LogP contribution in [0.4, 0.5) is 0 Å². The Morgan fingerprint density at radius 2 is 1.89 bits per heavy atom. The Bertz CT molecular complexity index is 63.9. The summed E-state index contributed by atoms with van der Waals surface area (Å²) in [5.41, 5.74) is 0. The number of rotatable bonds is 4. The summed E-state index contributed by atoms with van der Waals surface area (Å²) >= 11 is 0. The normalized spacial score (nSPS) is 14.3. The second-order valence-corrected chi connectivity index (χ2v) is 2.69. The number of hydrogen-bond donors (Lipinski definition) is 1. The van der Waals surface area contributed by atoms with Crippen LogP contribution in [0.2, 0.25) is 0 Å². The van der Waals surface area contributed by atoms with Crippen LogP contribution in [0, 0.1) is 5.92 Å². The summed E-state index contributed by atoms with van der Waals surface area (Å²) in [6.45, 7) is 6.96. The molecule has 2 heteroatoms. The van der Waals surface area contributed by atoms with E-state index in [1.54, 1.807) is 0 Å². The van der Waals surface area contributed by atoms with Gasteiger partial charge in [-0.05, 0) is 12.8 Å². The quantitative estimate of drug-likeness (QED) is 0.606. The summed E-state index contributed by atoms with van der Waals surface area (Å²) in [6.07, 6.45) is 0. The van der Waals surface area contributed by atoms with E-state index >= 15 is 0 Å². The van der Waals surface area contributed by atoms with Gasteiger partial charge in [0.25, 0.3) is 0 Å². The Balaban J connectivity index is 3.16. The molecule has 1 radical (unpaired) electrons. The molecule has 0 bridgehead atoms. The first kappa shape index (κ1) is 8.92. The fourth-order valence-corrected chi connectivity index (χ4v) is 0.522. The van der Waals surface area contributed by atoms with Crippen LogP contribution in [0.25, 0.3) is 0 Å². The van der Waals surface area contributed by atoms with Crippen LogP contribution < -0.4 is 5.32 Å². The van der Waals surface area contributed by atoms with E-state index in [4.69, 9.17) is 0 Å². The minimum absolute atomic E-state index is 0.0168. The van der Waals surface area contributed by atoms with Crippen molar-refractivity contribution in [3.05, 3.63) is 0 Å². The Morgan fingerprint density at radius 3 is 2.22 bits per heavy atom. The second kappa shape index (κ2) is 4.77. The molecule has 0 spiro atoms. The highest BCUT2D eigenvalue weighted by Crippen LogP contribution is 1.97. The molecule has 0 aromatic carbocycles. The molecule has 9 heavy (non-hydrogen) atoms. The topological polar surface area (TPSA) is 31.9 Å². The molecule has 0 fully saturated rings. The Kier molecular flexibility index (Phi) is 4.72. The van der Waals surface area contributed by atoms with Gasteiger partial charge in [-0.25, -0.2) is 5.11 Å². The minimum Gasteiger partial charge on any atom is -0.312 e. The van der Waals surface area contributed by atoms with Crippen LogP contribution in [-0.2, 0) is 5.11 Å². The molecule has 0 amide bonds. The van der Waals surface area contributed by atoms with E-state index in [1.165, 1.54) is 0 Å². The van der Waals surface area contributed by atoms with Crippen LogP contribution in [0.5, 0.6) is 0 Å². The molecule has 0 aromatic rings. The summed E-state index contributed by atoms with van der Waals surface area (Å²) in [4.78, 5) is 0. The van der Waals surface area contributed by atoms with Gasteiger partial charge in [-0.15, -0.1) is 0 Å². The van der Waals surface area contributed by atoms with Crippen molar-refractivity contribution in [3.8, 4) is 0 Å². The first-order valence-corrected chi connectivity index (χ1v) is 3.50. The third-order valence-corrected chi connectivity index (χ3v) is 1.57. The van der Waals surface area contributed by atoms with Gasteiger partial charge in [0.05, 0.1) is 6.61 Å². The zero-order valence-corrected chi connectivity index (χ0v) is 6.48. The molecule has 1 atom stereocenters. The Morgan fingerprint density at radius 1 is 1.33 bits per heavy atom. The summed E-state index contributed by atoms with van der Waals surface area (Å²) < 4.78 is 0. The van der Waals surface area contributed by atoms with E-state index in [9.17, 15) is 5.11 Å². The third kappa shape index (κ3) is 4.43. The van der Waals surface area contributed by atoms with Gasteiger partial charge >= 0.3 is 0 Å². The highest BCUT2D eigenvalue weighted by atomic mass is 16.3. The summed E-state index contributed by atoms with van der Waals surface area (Å²) in [5.74, 6) is 0.622. The molecule has 0 rings (SSSR count). The first-order chi connectivity index (χ1) is 4.18. The predicted molar refractivity (Wildman–Crippen MR) is 37.9 cm³/mol. The van der Waals surface area contributed by atoms with Gasteiger partial charge in [0, 0.05) is 12.6 Å². The van der Waals surface area contributed by atoms with Crippen LogP contribution in [0.1, 0.15) is 20.8 Å². The summed E-state index contributed by atoms with van der Waals surface area (Å²) in [5, 5.41) is 13.1. The maximum absolute atomic E-state index is 9.99. The molecule has 0 aliphatic rings. The van der Waals surface area contributed by atoms with Crippen molar-refractivity contribution >= 4 is 0 Å². The van der Waals surface area contributed by atoms with E-state index in [-0.39, 0.29) is 6.61 Å². The fourth-order valence-electron chi connectivity index (χ4n) is 0.522. The van der Waals surface area contributed by atoms with E-state index < -0.39 is 0 Å². The Labute approximate surface area is 57.3 Å². The molecule has 1 N–H and O–H groups in total. The molecule has 55 valence electrons. The summed E-state index contributed by atoms with van der Waals surface area (Å²) in [7, 11) is 0. The second-order valence-electron chi connectivity index (χ2n) is 2.69. The van der Waals surface area contributed by atoms with Crippen molar-refractivity contribution in [1.29, 1.82) is 0 Å². The average Bonchev–Trinajstić information content (AvgIpc) is 1.82. The van der Waals surface area contributed by atoms with Crippen LogP contribution in [-0.4, -0.2) is 19.2 Å². The molecule has 0 saturated carbocycles. The van der Waals surface area contributed by atoms with Crippen molar-refractivity contribution in [2.75, 3.05) is 13.2 Å². The van der Waals surface area contributed by atoms with E-state index in [0.717, 1.165) is 0 Å². The van der Waals surface area contributed by atoms with Crippen LogP contribution in [0.15, 0.2) is 0 Å². The minimum atomic E-state index is -0.0168. The van der Waals surface area contributed by atoms with E-state index in [1.807, 2.05) is 0 Å². The average molecular weight is 130 g/mol. The van der Waals surface area contributed by atoms with Gasteiger partial charge in [0.1, 0.15) is 0 Å². The fraction of sp³-hybridized carbons (Fsp3) is 1.00. The van der Waals surface area contributed by atoms with E-state index in [2.05, 4.69) is 26.1 Å². The molecule has 0 aliphatic heterocycles. The van der Waals surface area contributed by atoms with Gasteiger partial charge < -0.3 is 5.32 Å². The Hall–Kier alpha value is -0.0800. The molecular formula is C7H16NO.